The maximum Gasteiger partial charge on any atom is 0.227 e. The molecule has 0 bridgehead atoms. The Morgan fingerprint density at radius 2 is 2.05 bits per heavy atom. The summed E-state index contributed by atoms with van der Waals surface area (Å²) in [5, 5.41) is 6.40. The second-order valence-corrected chi connectivity index (χ2v) is 5.25. The Labute approximate surface area is 124 Å². The minimum Gasteiger partial charge on any atom is -0.385 e. The molecule has 3 rings (SSSR count). The summed E-state index contributed by atoms with van der Waals surface area (Å²) in [5.41, 5.74) is 3.37. The van der Waals surface area contributed by atoms with E-state index in [0.717, 1.165) is 30.6 Å². The summed E-state index contributed by atoms with van der Waals surface area (Å²) < 4.78 is 0. The van der Waals surface area contributed by atoms with Gasteiger partial charge in [0.1, 0.15) is 0 Å². The maximum absolute atomic E-state index is 12.4. The summed E-state index contributed by atoms with van der Waals surface area (Å²) >= 11 is 0. The molecule has 1 atom stereocenters. The number of hydrogen-bond acceptors (Lipinski definition) is 3. The molecule has 2 N–H and O–H groups in total. The van der Waals surface area contributed by atoms with Gasteiger partial charge in [-0.2, -0.15) is 0 Å². The third-order valence-corrected chi connectivity index (χ3v) is 3.86. The molecule has 1 aromatic heterocycles. The molecule has 0 radical (unpaired) electrons. The highest BCUT2D eigenvalue weighted by molar-refractivity contribution is 5.86. The van der Waals surface area contributed by atoms with Crippen molar-refractivity contribution in [1.29, 1.82) is 0 Å². The predicted molar refractivity (Wildman–Crippen MR) is 83.2 cm³/mol. The van der Waals surface area contributed by atoms with Crippen LogP contribution in [-0.2, 0) is 11.2 Å². The van der Waals surface area contributed by atoms with E-state index in [0.29, 0.717) is 6.54 Å². The van der Waals surface area contributed by atoms with Gasteiger partial charge in [0, 0.05) is 31.2 Å². The lowest BCUT2D eigenvalue weighted by Gasteiger charge is -2.25. The van der Waals surface area contributed by atoms with Crippen LogP contribution < -0.4 is 10.6 Å². The van der Waals surface area contributed by atoms with Crippen LogP contribution in [0.2, 0.25) is 0 Å². The van der Waals surface area contributed by atoms with Crippen LogP contribution in [-0.4, -0.2) is 24.0 Å². The molecule has 4 heteroatoms. The lowest BCUT2D eigenvalue weighted by Crippen LogP contribution is -2.34. The number of para-hydroxylation sites is 1. The van der Waals surface area contributed by atoms with Gasteiger partial charge in [0.2, 0.25) is 5.91 Å². The molecule has 1 unspecified atom stereocenters. The monoisotopic (exact) mass is 281 g/mol. The van der Waals surface area contributed by atoms with Crippen molar-refractivity contribution in [3.63, 3.8) is 0 Å². The van der Waals surface area contributed by atoms with Crippen LogP contribution in [0.15, 0.2) is 48.8 Å². The van der Waals surface area contributed by atoms with Gasteiger partial charge in [0.25, 0.3) is 0 Å². The molecule has 1 aromatic carbocycles. The van der Waals surface area contributed by atoms with Crippen LogP contribution in [0.3, 0.4) is 0 Å². The second kappa shape index (κ2) is 6.39. The molecule has 21 heavy (non-hydrogen) atoms. The summed E-state index contributed by atoms with van der Waals surface area (Å²) in [6, 6.07) is 12.0. The first-order valence-corrected chi connectivity index (χ1v) is 7.34. The van der Waals surface area contributed by atoms with Crippen molar-refractivity contribution in [2.75, 3.05) is 18.4 Å². The Bertz CT molecular complexity index is 612. The summed E-state index contributed by atoms with van der Waals surface area (Å²) in [4.78, 5) is 16.4. The molecule has 1 aliphatic heterocycles. The zero-order valence-electron chi connectivity index (χ0n) is 11.9. The van der Waals surface area contributed by atoms with Gasteiger partial charge in [-0.15, -0.1) is 0 Å². The van der Waals surface area contributed by atoms with Gasteiger partial charge in [-0.05, 0) is 42.2 Å². The highest BCUT2D eigenvalue weighted by Gasteiger charge is 2.25. The van der Waals surface area contributed by atoms with Gasteiger partial charge < -0.3 is 10.6 Å². The van der Waals surface area contributed by atoms with Crippen molar-refractivity contribution in [2.45, 2.75) is 18.8 Å². The number of aromatic nitrogens is 1. The average Bonchev–Trinajstić information content (AvgIpc) is 2.55. The normalized spacial score (nSPS) is 16.7. The Kier molecular flexibility index (Phi) is 4.15. The third kappa shape index (κ3) is 3.21. The predicted octanol–water partition coefficient (Wildman–Crippen LogP) is 2.34. The SMILES string of the molecule is O=C(NCCc1ccncc1)C1CCNc2ccccc21. The first-order chi connectivity index (χ1) is 10.3. The van der Waals surface area contributed by atoms with Gasteiger partial charge in [0.15, 0.2) is 0 Å². The minimum absolute atomic E-state index is 0.0418. The minimum atomic E-state index is -0.0418. The number of hydrogen-bond donors (Lipinski definition) is 2. The largest absolute Gasteiger partial charge is 0.385 e. The number of nitrogens with one attached hydrogen (secondary N) is 2. The maximum atomic E-state index is 12.4. The summed E-state index contributed by atoms with van der Waals surface area (Å²) in [6.45, 7) is 1.51. The summed E-state index contributed by atoms with van der Waals surface area (Å²) in [5.74, 6) is 0.0814. The number of carbonyl (C=O) groups is 1. The molecule has 0 saturated carbocycles. The van der Waals surface area contributed by atoms with Gasteiger partial charge in [0.05, 0.1) is 5.92 Å². The smallest absolute Gasteiger partial charge is 0.227 e. The van der Waals surface area contributed by atoms with E-state index in [4.69, 9.17) is 0 Å². The fourth-order valence-corrected chi connectivity index (χ4v) is 2.74. The Morgan fingerprint density at radius 1 is 1.24 bits per heavy atom. The van der Waals surface area contributed by atoms with E-state index in [1.807, 2.05) is 36.4 Å². The fraction of sp³-hybridized carbons (Fsp3) is 0.294. The van der Waals surface area contributed by atoms with Crippen LogP contribution in [0.25, 0.3) is 0 Å². The quantitative estimate of drug-likeness (QED) is 0.904. The van der Waals surface area contributed by atoms with Gasteiger partial charge in [-0.1, -0.05) is 18.2 Å². The van der Waals surface area contributed by atoms with Crippen LogP contribution in [0.4, 0.5) is 5.69 Å². The van der Waals surface area contributed by atoms with Gasteiger partial charge in [-0.3, -0.25) is 9.78 Å². The van der Waals surface area contributed by atoms with Crippen LogP contribution in [0.5, 0.6) is 0 Å². The van der Waals surface area contributed by atoms with Crippen molar-refractivity contribution >= 4 is 11.6 Å². The number of nitrogens with zero attached hydrogens (tertiary/aromatic N) is 1. The Hall–Kier alpha value is -2.36. The molecule has 2 aromatic rings. The van der Waals surface area contributed by atoms with Crippen LogP contribution in [0.1, 0.15) is 23.5 Å². The van der Waals surface area contributed by atoms with Crippen molar-refractivity contribution < 1.29 is 4.79 Å². The number of rotatable bonds is 4. The Balaban J connectivity index is 1.59. The average molecular weight is 281 g/mol. The summed E-state index contributed by atoms with van der Waals surface area (Å²) in [6.07, 6.45) is 5.24. The molecular formula is C17H19N3O. The highest BCUT2D eigenvalue weighted by atomic mass is 16.1. The molecule has 108 valence electrons. The standard InChI is InChI=1S/C17H19N3O/c21-17(20-11-7-13-5-9-18-10-6-13)15-8-12-19-16-4-2-1-3-14(15)16/h1-6,9-10,15,19H,7-8,11-12H2,(H,20,21). The number of anilines is 1. The molecule has 2 heterocycles. The molecule has 0 spiro atoms. The van der Waals surface area contributed by atoms with E-state index in [1.54, 1.807) is 12.4 Å². The zero-order valence-corrected chi connectivity index (χ0v) is 11.9. The molecule has 0 fully saturated rings. The lowest BCUT2D eigenvalue weighted by molar-refractivity contribution is -0.122. The number of carbonyl (C=O) groups excluding carboxylic acids is 1. The van der Waals surface area contributed by atoms with Crippen LogP contribution in [0, 0.1) is 0 Å². The molecule has 4 nitrogen and oxygen atoms in total. The zero-order chi connectivity index (χ0) is 14.5. The van der Waals surface area contributed by atoms with E-state index in [1.165, 1.54) is 5.56 Å². The topological polar surface area (TPSA) is 54.0 Å². The van der Waals surface area contributed by atoms with Crippen molar-refractivity contribution in [1.82, 2.24) is 10.3 Å². The lowest BCUT2D eigenvalue weighted by atomic mass is 9.90. The van der Waals surface area contributed by atoms with Crippen molar-refractivity contribution in [2.24, 2.45) is 0 Å². The number of pyridine rings is 1. The summed E-state index contributed by atoms with van der Waals surface area (Å²) in [7, 11) is 0. The highest BCUT2D eigenvalue weighted by Crippen LogP contribution is 2.31. The third-order valence-electron chi connectivity index (χ3n) is 3.86. The van der Waals surface area contributed by atoms with E-state index < -0.39 is 0 Å². The first-order valence-electron chi connectivity index (χ1n) is 7.34. The van der Waals surface area contributed by atoms with Crippen molar-refractivity contribution in [3.05, 3.63) is 59.9 Å². The van der Waals surface area contributed by atoms with Gasteiger partial charge in [-0.25, -0.2) is 0 Å². The van der Waals surface area contributed by atoms with E-state index in [-0.39, 0.29) is 11.8 Å². The van der Waals surface area contributed by atoms with Crippen molar-refractivity contribution in [3.8, 4) is 0 Å². The van der Waals surface area contributed by atoms with Gasteiger partial charge >= 0.3 is 0 Å². The number of benzene rings is 1. The molecule has 0 aliphatic carbocycles. The molecule has 1 amide bonds. The molecule has 0 saturated heterocycles. The van der Waals surface area contributed by atoms with E-state index in [2.05, 4.69) is 15.6 Å². The van der Waals surface area contributed by atoms with E-state index in [9.17, 15) is 4.79 Å². The molecular weight excluding hydrogens is 262 g/mol. The first kappa shape index (κ1) is 13.6. The van der Waals surface area contributed by atoms with E-state index >= 15 is 0 Å². The number of amides is 1. The molecule has 1 aliphatic rings. The van der Waals surface area contributed by atoms with Crippen LogP contribution >= 0.6 is 0 Å². The number of fused-ring (bicyclic) bond motifs is 1. The fourth-order valence-electron chi connectivity index (χ4n) is 2.74. The Morgan fingerprint density at radius 3 is 2.90 bits per heavy atom. The second-order valence-electron chi connectivity index (χ2n) is 5.25.